The van der Waals surface area contributed by atoms with Gasteiger partial charge in [-0.1, -0.05) is 41.3 Å². The number of hydrogen-bond acceptors (Lipinski definition) is 24. The maximum absolute atomic E-state index is 12.8. The van der Waals surface area contributed by atoms with Crippen molar-refractivity contribution in [2.45, 2.75) is 151 Å². The van der Waals surface area contributed by atoms with E-state index in [1.165, 1.54) is 39.0 Å². The first-order valence-corrected chi connectivity index (χ1v) is 43.3. The van der Waals surface area contributed by atoms with E-state index in [0.29, 0.717) is 64.0 Å². The smallest absolute Gasteiger partial charge is 0.302 e. The fraction of sp³-hybridized carbons (Fsp3) is 0.525. The van der Waals surface area contributed by atoms with Gasteiger partial charge in [0.05, 0.1) is 83.6 Å². The molecule has 6 aliphatic heterocycles. The summed E-state index contributed by atoms with van der Waals surface area (Å²) in [6.45, 7) is 0.755. The highest BCUT2D eigenvalue weighted by Crippen LogP contribution is 2.38. The first-order valence-electron chi connectivity index (χ1n) is 70.3. The number of carbonyl (C=O) groups excluding carboxylic acids is 6. The third-order valence-electron chi connectivity index (χ3n) is 23.1. The molecular formula is C101H130N36O6. The molecule has 0 saturated carbocycles. The van der Waals surface area contributed by atoms with E-state index in [1.54, 1.807) is 46.9 Å². The first-order chi connectivity index (χ1) is 89.6. The highest BCUT2D eigenvalue weighted by atomic mass is 16.2. The van der Waals surface area contributed by atoms with Gasteiger partial charge < -0.3 is 118 Å². The van der Waals surface area contributed by atoms with Crippen LogP contribution in [0.5, 0.6) is 0 Å². The molecule has 6 saturated heterocycles. The zero-order valence-corrected chi connectivity index (χ0v) is 78.0. The second-order valence-corrected chi connectivity index (χ2v) is 32.5. The van der Waals surface area contributed by atoms with Gasteiger partial charge in [-0.15, -0.1) is 0 Å². The Kier molecular flexibility index (Phi) is 18.0. The molecule has 12 aromatic heterocycles. The van der Waals surface area contributed by atoms with Crippen molar-refractivity contribution in [3.63, 3.8) is 0 Å². The molecule has 12 atom stereocenters. The molecule has 6 N–H and O–H groups in total. The van der Waals surface area contributed by atoms with Crippen molar-refractivity contribution in [2.24, 2.45) is 35.4 Å². The molecular weight excluding hydrogens is 1810 g/mol. The van der Waals surface area contributed by atoms with E-state index in [2.05, 4.69) is 119 Å². The molecule has 18 heterocycles. The zero-order chi connectivity index (χ0) is 150. The van der Waals surface area contributed by atoms with Gasteiger partial charge in [0.1, 0.15) is 123 Å². The van der Waals surface area contributed by atoms with Crippen LogP contribution in [0.15, 0.2) is 80.4 Å². The minimum atomic E-state index is -3.29. The van der Waals surface area contributed by atoms with Crippen LogP contribution in [0, 0.1) is 109 Å². The minimum absolute atomic E-state index is 0.00366. The van der Waals surface area contributed by atoms with Gasteiger partial charge in [-0.2, -0.15) is 0 Å². The molecule has 18 rings (SSSR count). The summed E-state index contributed by atoms with van der Waals surface area (Å²) in [5.74, 6) is -19.8. The van der Waals surface area contributed by atoms with Crippen molar-refractivity contribution >= 4 is 137 Å². The highest BCUT2D eigenvalue weighted by Gasteiger charge is 2.41. The summed E-state index contributed by atoms with van der Waals surface area (Å²) < 4.78 is 441. The molecule has 6 aliphatic rings. The SMILES string of the molecule is [2H]C([2H])([N+]#[C-])C(=O)N1C([2H])([2H])[C@H](N(C)c2ncnc3[nH]ccc23)[C@H](C)C([2H])([2H])C1([2H])[2H].[2H]c1c(C)[nH]c2ncnc(N(C([2H])([2H])[2H])[C@@]3([2H])CN(C(=O)C([2H])([2H])[N+]#[C-])CC[C@@]3([2H])C([2H])([2H])[2H])c12.[2H]c1c(C)[nH]c2ncnc(N(C([2H])([2H])[2H])[C@@]3([2H])CN(C(=O)C([2H])([2H])[N+]#[C-])CC[C@@]3([2H])C)c12.[2H]c1c(C)[nH]c2ncnc(N(C([2H])([2H])[2H])[C@@]3([2H])CN(C(=O)C([2H])([2H])[N+]#[C-])CC[C@H]3C([2H])([2H])[2H])c12.[2H]c1c(C)[nH]c2ncnc(N(C([2H])([2H])[2H])[C@@]3([2H])CN(C(=O)C([2H])([2H])[N+]#[C-])CC[C@H]3C)c12.[2H]c1c(C)[nH]c2ncnc(N([C@H]3CN(C(=O)C([2H])([2H])[N+]#[C-])CC[C@@]3([2H])C([2H])([2H])[2H])C([2H])([2H])[2H])c12. The number of fused-ring (bicyclic) bond motifs is 6. The topological polar surface area (TPSA) is 417 Å². The van der Waals surface area contributed by atoms with Gasteiger partial charge in [0.25, 0.3) is 39.0 Å². The summed E-state index contributed by atoms with van der Waals surface area (Å²) in [5.41, 5.74) is 3.06. The second-order valence-electron chi connectivity index (χ2n) is 32.5. The maximum atomic E-state index is 12.8. The number of likely N-dealkylation sites (tertiary alicyclic amines) is 6. The average molecular weight is 2000 g/mol. The summed E-state index contributed by atoms with van der Waals surface area (Å²) >= 11 is 0. The molecule has 0 spiro atoms. The Morgan fingerprint density at radius 1 is 0.371 bits per heavy atom. The molecule has 42 heteroatoms. The number of rotatable bonds is 18. The van der Waals surface area contributed by atoms with E-state index in [1.807, 2.05) is 0 Å². The normalized spacial score (nSPS) is 32.4. The fourth-order valence-corrected chi connectivity index (χ4v) is 15.8. The summed E-state index contributed by atoms with van der Waals surface area (Å²) in [6, 6.07) is -11.8. The molecule has 750 valence electrons. The van der Waals surface area contributed by atoms with E-state index in [-0.39, 0.29) is 165 Å². The summed E-state index contributed by atoms with van der Waals surface area (Å²) in [5, 5.41) is 0.548. The first kappa shape index (κ1) is 54.3. The van der Waals surface area contributed by atoms with Crippen LogP contribution in [-0.4, -0.2) is 350 Å². The van der Waals surface area contributed by atoms with Crippen molar-refractivity contribution in [2.75, 3.05) is 189 Å². The van der Waals surface area contributed by atoms with Crippen LogP contribution in [0.4, 0.5) is 34.9 Å². The molecule has 0 aliphatic carbocycles. The van der Waals surface area contributed by atoms with Gasteiger partial charge >= 0.3 is 35.4 Å². The number of hydrogen-bond donors (Lipinski definition) is 6. The third-order valence-corrected chi connectivity index (χ3v) is 23.1. The largest absolute Gasteiger partial charge is 0.354 e. The van der Waals surface area contributed by atoms with Gasteiger partial charge in [0, 0.05) is 198 Å². The number of likely N-dealkylation sites (N-methyl/N-ethyl adjacent to an activating group) is 6. The van der Waals surface area contributed by atoms with Crippen molar-refractivity contribution in [3.05, 3.63) is 177 Å². The Bertz CT molecular complexity index is 9470. The summed E-state index contributed by atoms with van der Waals surface area (Å²) in [6.07, 6.45) is 3.77. The average Bonchev–Trinajstić information content (AvgIpc) is 1.65. The third kappa shape index (κ3) is 24.5. The molecule has 6 fully saturated rings. The van der Waals surface area contributed by atoms with Crippen molar-refractivity contribution < 1.29 is 103 Å². The fourth-order valence-electron chi connectivity index (χ4n) is 15.8. The Labute approximate surface area is 909 Å². The quantitative estimate of drug-likeness (QED) is 0.0435. The number of aryl methyl sites for hydroxylation is 5. The van der Waals surface area contributed by atoms with Crippen LogP contribution >= 0.6 is 0 Å². The van der Waals surface area contributed by atoms with Crippen LogP contribution in [0.25, 0.3) is 95.3 Å². The second kappa shape index (κ2) is 47.5. The molecule has 0 unspecified atom stereocenters. The lowest BCUT2D eigenvalue weighted by atomic mass is 9.92. The van der Waals surface area contributed by atoms with E-state index < -0.39 is 279 Å². The Morgan fingerprint density at radius 2 is 0.671 bits per heavy atom. The standard InChI is InChI=1S/5C17H22N6O.C16H20N6O/c5*1-11-5-6-23(15(24)8-18-3)9-14(11)22(4)17-13-7-12(2)21-16(13)19-10-20-17;1-11-5-7-22(14(23)8-17-2)9-13(11)21(3)16-12-4-6-18-15(12)19-10-20-16/h5*7,10-11,14H,5-6,8-9H2,1-2,4H3,(H,19,20,21);4,6,10-11,13H,5,7-9H2,1,3H3,(H,18,19,20)/t5*11-,14+;11-,13+/m111111/s1/i1D3,4D3,7D,8D2,11D,14D;4D3,7D,8D2,11D,14D;1D3,4D3,7D,8D2,14D;1D3,4D3,7D,8D2,11D;4D3,7D,8D2,14D;5D2,7D2,8D2,9D2. The van der Waals surface area contributed by atoms with Gasteiger partial charge in [-0.05, 0) is 145 Å². The number of piperidine rings is 6. The van der Waals surface area contributed by atoms with Crippen molar-refractivity contribution in [1.82, 2.24) is 119 Å². The number of anilines is 6. The Morgan fingerprint density at radius 3 is 1.03 bits per heavy atom. The number of H-pyrrole nitrogens is 6. The minimum Gasteiger partial charge on any atom is -0.354 e. The van der Waals surface area contributed by atoms with E-state index in [9.17, 15) is 31.5 Å². The lowest BCUT2D eigenvalue weighted by molar-refractivity contribution is -0.131. The van der Waals surface area contributed by atoms with Crippen LogP contribution in [0.2, 0.25) is 0 Å². The summed E-state index contributed by atoms with van der Waals surface area (Å²) in [4.78, 5) is 166. The van der Waals surface area contributed by atoms with Crippen molar-refractivity contribution in [1.29, 1.82) is 0 Å². The lowest BCUT2D eigenvalue weighted by Crippen LogP contribution is -2.53. The van der Waals surface area contributed by atoms with E-state index >= 15 is 0 Å². The molecule has 12 aromatic rings. The number of nitrogens with one attached hydrogen (secondary N) is 6. The van der Waals surface area contributed by atoms with Gasteiger partial charge in [-0.25, -0.2) is 99.2 Å². The predicted octanol–water partition coefficient (Wildman–Crippen LogP) is 10.8. The molecule has 42 nitrogen and oxygen atoms in total. The summed E-state index contributed by atoms with van der Waals surface area (Å²) in [7, 11) is 1.43. The van der Waals surface area contributed by atoms with Crippen LogP contribution in [-0.2, 0) is 28.8 Å². The molecule has 0 radical (unpaired) electrons. The highest BCUT2D eigenvalue weighted by molar-refractivity contribution is 5.93. The Balaban J connectivity index is 0.000000190. The number of carbonyl (C=O) groups is 6. The number of aromatic amines is 6. The Hall–Kier alpha value is -15.7. The zero-order valence-electron chi connectivity index (χ0n) is 132. The van der Waals surface area contributed by atoms with Gasteiger partial charge in [-0.3, -0.25) is 28.8 Å². The molecule has 6 amide bonds. The van der Waals surface area contributed by atoms with Gasteiger partial charge in [0.2, 0.25) is 0 Å². The monoisotopic (exact) mass is 2000 g/mol. The van der Waals surface area contributed by atoms with Crippen LogP contribution < -0.4 is 29.4 Å². The molecule has 0 aromatic carbocycles. The van der Waals surface area contributed by atoms with E-state index in [4.69, 9.17) is 111 Å². The van der Waals surface area contributed by atoms with Gasteiger partial charge in [0.15, 0.2) is 0 Å². The number of amides is 6. The lowest BCUT2D eigenvalue weighted by Gasteiger charge is -2.41. The number of aromatic nitrogens is 18. The molecule has 0 bridgehead atoms. The van der Waals surface area contributed by atoms with Crippen molar-refractivity contribution in [3.8, 4) is 0 Å². The van der Waals surface area contributed by atoms with E-state index in [0.717, 1.165) is 56.1 Å². The maximum Gasteiger partial charge on any atom is 0.302 e. The predicted molar refractivity (Wildman–Crippen MR) is 551 cm³/mol. The molecule has 143 heavy (non-hydrogen) atoms. The van der Waals surface area contributed by atoms with Crippen LogP contribution in [0.3, 0.4) is 0 Å². The number of nitrogens with zero attached hydrogens (tertiary/aromatic N) is 30. The van der Waals surface area contributed by atoms with Crippen LogP contribution in [0.1, 0.15) is 182 Å².